The number of ether oxygens (including phenoxy) is 2. The molecule has 3 aromatic rings. The van der Waals surface area contributed by atoms with E-state index in [2.05, 4.69) is 60.2 Å². The number of benzene rings is 2. The highest BCUT2D eigenvalue weighted by atomic mass is 16.5. The number of aromatic nitrogens is 1. The van der Waals surface area contributed by atoms with Gasteiger partial charge in [-0.15, -0.1) is 0 Å². The van der Waals surface area contributed by atoms with Crippen LogP contribution in [0.4, 0.5) is 5.69 Å². The highest BCUT2D eigenvalue weighted by molar-refractivity contribution is 6.08. The Morgan fingerprint density at radius 3 is 2.54 bits per heavy atom. The molecule has 0 saturated heterocycles. The average molecular weight is 497 g/mol. The molecule has 1 aliphatic heterocycles. The lowest BCUT2D eigenvalue weighted by Gasteiger charge is -2.33. The zero-order valence-electron chi connectivity index (χ0n) is 22.4. The Bertz CT molecular complexity index is 1420. The van der Waals surface area contributed by atoms with Crippen molar-refractivity contribution in [3.63, 3.8) is 0 Å². The van der Waals surface area contributed by atoms with Gasteiger partial charge in [-0.1, -0.05) is 25.2 Å². The summed E-state index contributed by atoms with van der Waals surface area (Å²) >= 11 is 0. The van der Waals surface area contributed by atoms with E-state index in [0.29, 0.717) is 18.1 Å². The Balaban J connectivity index is 1.41. The maximum atomic E-state index is 13.5. The van der Waals surface area contributed by atoms with Gasteiger partial charge in [0, 0.05) is 33.8 Å². The van der Waals surface area contributed by atoms with Crippen molar-refractivity contribution in [2.75, 3.05) is 11.9 Å². The number of carbonyl (C=O) groups excluding carboxylic acids is 1. The minimum atomic E-state index is -0.269. The molecule has 3 atom stereocenters. The highest BCUT2D eigenvalue weighted by Gasteiger charge is 2.34. The molecule has 0 spiro atoms. The topological polar surface area (TPSA) is 52.5 Å². The average Bonchev–Trinajstić information content (AvgIpc) is 3.61. The van der Waals surface area contributed by atoms with Crippen LogP contribution >= 0.6 is 0 Å². The summed E-state index contributed by atoms with van der Waals surface area (Å²) in [6, 6.07) is 14.2. The molecule has 1 amide bonds. The molecule has 1 aromatic heterocycles. The molecule has 2 aromatic carbocycles. The van der Waals surface area contributed by atoms with Gasteiger partial charge in [0.25, 0.3) is 5.91 Å². The van der Waals surface area contributed by atoms with Crippen LogP contribution in [0.5, 0.6) is 5.75 Å². The first kappa shape index (κ1) is 24.1. The van der Waals surface area contributed by atoms with Crippen molar-refractivity contribution in [2.45, 2.75) is 71.1 Å². The molecular weight excluding hydrogens is 460 g/mol. The lowest BCUT2D eigenvalue weighted by atomic mass is 9.86. The van der Waals surface area contributed by atoms with E-state index in [1.165, 1.54) is 24.1 Å². The molecule has 5 heteroatoms. The van der Waals surface area contributed by atoms with Crippen LogP contribution in [0.2, 0.25) is 0 Å². The fraction of sp³-hybridized carbons (Fsp3) is 0.406. The molecule has 6 rings (SSSR count). The minimum absolute atomic E-state index is 0.0163. The first-order valence-corrected chi connectivity index (χ1v) is 13.5. The first-order valence-electron chi connectivity index (χ1n) is 13.5. The van der Waals surface area contributed by atoms with E-state index in [0.717, 1.165) is 28.0 Å². The van der Waals surface area contributed by atoms with Crippen LogP contribution in [0.1, 0.15) is 81.0 Å². The van der Waals surface area contributed by atoms with Crippen LogP contribution in [0.15, 0.2) is 60.7 Å². The zero-order valence-corrected chi connectivity index (χ0v) is 22.4. The Labute approximate surface area is 219 Å². The lowest BCUT2D eigenvalue weighted by Crippen LogP contribution is -2.30. The summed E-state index contributed by atoms with van der Waals surface area (Å²) in [4.78, 5) is 13.5. The number of fused-ring (bicyclic) bond motifs is 2. The molecule has 1 fully saturated rings. The van der Waals surface area contributed by atoms with E-state index in [1.54, 1.807) is 0 Å². The molecule has 0 radical (unpaired) electrons. The van der Waals surface area contributed by atoms with E-state index >= 15 is 0 Å². The van der Waals surface area contributed by atoms with E-state index in [9.17, 15) is 4.79 Å². The normalized spacial score (nSPS) is 23.2. The Morgan fingerprint density at radius 2 is 1.84 bits per heavy atom. The zero-order chi connectivity index (χ0) is 25.9. The first-order chi connectivity index (χ1) is 17.7. The van der Waals surface area contributed by atoms with Crippen LogP contribution < -0.4 is 10.1 Å². The number of anilines is 1. The van der Waals surface area contributed by atoms with Crippen molar-refractivity contribution in [3.8, 4) is 5.75 Å². The van der Waals surface area contributed by atoms with Gasteiger partial charge in [0.2, 0.25) is 0 Å². The van der Waals surface area contributed by atoms with Crippen molar-refractivity contribution in [1.29, 1.82) is 0 Å². The van der Waals surface area contributed by atoms with Crippen LogP contribution in [-0.4, -0.2) is 28.8 Å². The second kappa shape index (κ2) is 8.91. The van der Waals surface area contributed by atoms with Crippen LogP contribution in [0.25, 0.3) is 16.5 Å². The molecule has 3 unspecified atom stereocenters. The second-order valence-corrected chi connectivity index (χ2v) is 11.8. The van der Waals surface area contributed by atoms with Crippen LogP contribution in [0.3, 0.4) is 0 Å². The van der Waals surface area contributed by atoms with Gasteiger partial charge < -0.3 is 19.4 Å². The van der Waals surface area contributed by atoms with Gasteiger partial charge >= 0.3 is 0 Å². The predicted octanol–water partition coefficient (Wildman–Crippen LogP) is 7.50. The minimum Gasteiger partial charge on any atom is -0.488 e. The van der Waals surface area contributed by atoms with E-state index in [4.69, 9.17) is 9.47 Å². The molecule has 0 bridgehead atoms. The van der Waals surface area contributed by atoms with E-state index in [1.807, 2.05) is 45.0 Å². The number of allylic oxidation sites excluding steroid dienone is 2. The van der Waals surface area contributed by atoms with Gasteiger partial charge in [-0.3, -0.25) is 4.79 Å². The maximum Gasteiger partial charge on any atom is 0.255 e. The quantitative estimate of drug-likeness (QED) is 0.407. The van der Waals surface area contributed by atoms with Crippen molar-refractivity contribution in [3.05, 3.63) is 77.5 Å². The lowest BCUT2D eigenvalue weighted by molar-refractivity contribution is 0.0481. The second-order valence-electron chi connectivity index (χ2n) is 11.8. The molecule has 2 aliphatic carbocycles. The molecular formula is C32H36N2O3. The monoisotopic (exact) mass is 496 g/mol. The predicted molar refractivity (Wildman–Crippen MR) is 149 cm³/mol. The number of amides is 1. The number of nitrogens with zero attached hydrogens (tertiary/aromatic N) is 1. The summed E-state index contributed by atoms with van der Waals surface area (Å²) in [6.07, 6.45) is 8.94. The van der Waals surface area contributed by atoms with Gasteiger partial charge in [-0.05, 0) is 94.5 Å². The fourth-order valence-electron chi connectivity index (χ4n) is 5.69. The van der Waals surface area contributed by atoms with Crippen molar-refractivity contribution in [1.82, 2.24) is 4.57 Å². The summed E-state index contributed by atoms with van der Waals surface area (Å²) < 4.78 is 14.9. The van der Waals surface area contributed by atoms with E-state index in [-0.39, 0.29) is 29.6 Å². The fourth-order valence-corrected chi connectivity index (χ4v) is 5.69. The van der Waals surface area contributed by atoms with Crippen molar-refractivity contribution < 1.29 is 14.3 Å². The Morgan fingerprint density at radius 1 is 1.08 bits per heavy atom. The van der Waals surface area contributed by atoms with Gasteiger partial charge in [0.15, 0.2) is 0 Å². The molecule has 3 aliphatic rings. The van der Waals surface area contributed by atoms with Crippen molar-refractivity contribution >= 4 is 28.1 Å². The standard InChI is InChI=1S/C32H36N2O3/c1-19-7-6-8-26-27-16-23(31(35)33-24-11-13-25(14-12-24)37-32(3,4)5)15-22-17-28(21-9-10-21)34(29(22)27)20(2)18-36-30(19)26/h6-8,11-17,19-21,30H,9-10,18H2,1-5H3,(H,33,35). The third kappa shape index (κ3) is 4.61. The van der Waals surface area contributed by atoms with Crippen LogP contribution in [-0.2, 0) is 4.74 Å². The van der Waals surface area contributed by atoms with Gasteiger partial charge in [-0.25, -0.2) is 0 Å². The number of hydrogen-bond donors (Lipinski definition) is 1. The molecule has 37 heavy (non-hydrogen) atoms. The third-order valence-electron chi connectivity index (χ3n) is 7.50. The number of rotatable bonds is 4. The molecule has 5 nitrogen and oxygen atoms in total. The Kier molecular flexibility index (Phi) is 5.79. The largest absolute Gasteiger partial charge is 0.488 e. The molecule has 1 saturated carbocycles. The van der Waals surface area contributed by atoms with E-state index < -0.39 is 0 Å². The van der Waals surface area contributed by atoms with Gasteiger partial charge in [0.05, 0.1) is 24.3 Å². The highest BCUT2D eigenvalue weighted by Crippen LogP contribution is 2.46. The summed E-state index contributed by atoms with van der Waals surface area (Å²) in [5.41, 5.74) is 6.01. The summed E-state index contributed by atoms with van der Waals surface area (Å²) in [5.74, 6) is 1.54. The molecule has 2 heterocycles. The summed E-state index contributed by atoms with van der Waals surface area (Å²) in [7, 11) is 0. The summed E-state index contributed by atoms with van der Waals surface area (Å²) in [5, 5.41) is 4.22. The Hall–Kier alpha value is -3.31. The maximum absolute atomic E-state index is 13.5. The SMILES string of the molecule is CC1C=CC=C2c3cc(C(=O)Nc4ccc(OC(C)(C)C)cc4)cc4cc(C5CC5)n(c34)C(C)COC21. The number of carbonyl (C=O) groups is 1. The molecule has 1 N–H and O–H groups in total. The van der Waals surface area contributed by atoms with Gasteiger partial charge in [-0.2, -0.15) is 0 Å². The number of nitrogens with one attached hydrogen (secondary N) is 1. The van der Waals surface area contributed by atoms with Gasteiger partial charge in [0.1, 0.15) is 11.4 Å². The summed E-state index contributed by atoms with van der Waals surface area (Å²) in [6.45, 7) is 11.2. The smallest absolute Gasteiger partial charge is 0.255 e. The third-order valence-corrected chi connectivity index (χ3v) is 7.50. The number of hydrogen-bond acceptors (Lipinski definition) is 3. The molecule has 192 valence electrons. The van der Waals surface area contributed by atoms with Crippen molar-refractivity contribution in [2.24, 2.45) is 5.92 Å². The van der Waals surface area contributed by atoms with Crippen LogP contribution in [0, 0.1) is 5.92 Å².